The Kier molecular flexibility index (Phi) is 5.39. The average molecular weight is 275 g/mol. The molecule has 1 saturated carbocycles. The van der Waals surface area contributed by atoms with Crippen LogP contribution in [0.25, 0.3) is 0 Å². The van der Waals surface area contributed by atoms with E-state index in [-0.39, 0.29) is 5.91 Å². The highest BCUT2D eigenvalue weighted by molar-refractivity contribution is 5.92. The third kappa shape index (κ3) is 3.50. The van der Waals surface area contributed by atoms with Gasteiger partial charge < -0.3 is 10.2 Å². The number of aromatic nitrogens is 1. The van der Waals surface area contributed by atoms with Gasteiger partial charge >= 0.3 is 0 Å². The van der Waals surface area contributed by atoms with Gasteiger partial charge in [-0.05, 0) is 38.8 Å². The van der Waals surface area contributed by atoms with Gasteiger partial charge in [-0.25, -0.2) is 4.98 Å². The van der Waals surface area contributed by atoms with E-state index >= 15 is 0 Å². The van der Waals surface area contributed by atoms with Crippen LogP contribution >= 0.6 is 0 Å². The van der Waals surface area contributed by atoms with Crippen molar-refractivity contribution in [2.75, 3.05) is 18.4 Å². The number of hydrogen-bond acceptors (Lipinski definition) is 3. The zero-order chi connectivity index (χ0) is 14.4. The lowest BCUT2D eigenvalue weighted by Crippen LogP contribution is -2.41. The smallest absolute Gasteiger partial charge is 0.272 e. The molecule has 0 aliphatic heterocycles. The van der Waals surface area contributed by atoms with Crippen LogP contribution in [0, 0.1) is 0 Å². The zero-order valence-corrected chi connectivity index (χ0v) is 12.6. The van der Waals surface area contributed by atoms with Crippen LogP contribution in [0.1, 0.15) is 56.4 Å². The number of hydrogen-bond donors (Lipinski definition) is 1. The van der Waals surface area contributed by atoms with Crippen molar-refractivity contribution < 1.29 is 4.79 Å². The molecule has 1 aromatic rings. The minimum atomic E-state index is 0.0687. The van der Waals surface area contributed by atoms with Gasteiger partial charge in [-0.1, -0.05) is 25.3 Å². The zero-order valence-electron chi connectivity index (χ0n) is 12.6. The van der Waals surface area contributed by atoms with Crippen molar-refractivity contribution in [3.63, 3.8) is 0 Å². The fraction of sp³-hybridized carbons (Fsp3) is 0.625. The second-order valence-corrected chi connectivity index (χ2v) is 5.32. The first-order valence-corrected chi connectivity index (χ1v) is 7.78. The number of nitrogens with zero attached hydrogens (tertiary/aromatic N) is 2. The molecule has 0 saturated heterocycles. The summed E-state index contributed by atoms with van der Waals surface area (Å²) in [5.41, 5.74) is 0.552. The summed E-state index contributed by atoms with van der Waals surface area (Å²) in [6.07, 6.45) is 6.04. The van der Waals surface area contributed by atoms with E-state index in [1.165, 1.54) is 19.3 Å². The molecule has 1 aliphatic rings. The van der Waals surface area contributed by atoms with Gasteiger partial charge in [0.2, 0.25) is 0 Å². The Morgan fingerprint density at radius 3 is 2.70 bits per heavy atom. The number of rotatable bonds is 5. The fourth-order valence-corrected chi connectivity index (χ4v) is 2.94. The SMILES string of the molecule is CCNc1cccc(C(=O)N(CC)C2CCCCC2)n1. The third-order valence-corrected chi connectivity index (χ3v) is 3.94. The van der Waals surface area contributed by atoms with Crippen LogP contribution in [0.2, 0.25) is 0 Å². The second kappa shape index (κ2) is 7.27. The molecule has 4 heteroatoms. The van der Waals surface area contributed by atoms with Crippen LogP contribution in [0.4, 0.5) is 5.82 Å². The molecule has 20 heavy (non-hydrogen) atoms. The molecule has 1 heterocycles. The highest BCUT2D eigenvalue weighted by Crippen LogP contribution is 2.23. The summed E-state index contributed by atoms with van der Waals surface area (Å²) in [6.45, 7) is 5.65. The summed E-state index contributed by atoms with van der Waals surface area (Å²) in [7, 11) is 0. The minimum absolute atomic E-state index is 0.0687. The lowest BCUT2D eigenvalue weighted by molar-refractivity contribution is 0.0642. The monoisotopic (exact) mass is 275 g/mol. The van der Waals surface area contributed by atoms with Crippen LogP contribution < -0.4 is 5.32 Å². The molecule has 0 unspecified atom stereocenters. The maximum absolute atomic E-state index is 12.7. The van der Waals surface area contributed by atoms with Crippen LogP contribution in [0.3, 0.4) is 0 Å². The van der Waals surface area contributed by atoms with Crippen molar-refractivity contribution in [3.05, 3.63) is 23.9 Å². The van der Waals surface area contributed by atoms with Crippen LogP contribution in [0.5, 0.6) is 0 Å². The number of anilines is 1. The number of carbonyl (C=O) groups excluding carboxylic acids is 1. The first kappa shape index (κ1) is 14.8. The van der Waals surface area contributed by atoms with E-state index in [4.69, 9.17) is 0 Å². The van der Waals surface area contributed by atoms with E-state index < -0.39 is 0 Å². The van der Waals surface area contributed by atoms with Crippen molar-refractivity contribution in [2.24, 2.45) is 0 Å². The lowest BCUT2D eigenvalue weighted by atomic mass is 9.94. The van der Waals surface area contributed by atoms with Gasteiger partial charge in [-0.3, -0.25) is 4.79 Å². The van der Waals surface area contributed by atoms with Gasteiger partial charge in [0.1, 0.15) is 11.5 Å². The molecule has 0 spiro atoms. The van der Waals surface area contributed by atoms with E-state index in [0.717, 1.165) is 31.7 Å². The van der Waals surface area contributed by atoms with Gasteiger partial charge in [0.05, 0.1) is 0 Å². The second-order valence-electron chi connectivity index (χ2n) is 5.32. The predicted octanol–water partition coefficient (Wildman–Crippen LogP) is 3.31. The van der Waals surface area contributed by atoms with E-state index in [1.54, 1.807) is 0 Å². The molecule has 1 aromatic heterocycles. The Balaban J connectivity index is 2.12. The molecule has 1 fully saturated rings. The molecule has 1 aliphatic carbocycles. The van der Waals surface area contributed by atoms with Crippen molar-refractivity contribution >= 4 is 11.7 Å². The van der Waals surface area contributed by atoms with Crippen molar-refractivity contribution in [1.82, 2.24) is 9.88 Å². The Hall–Kier alpha value is -1.58. The quantitative estimate of drug-likeness (QED) is 0.896. The molecular weight excluding hydrogens is 250 g/mol. The Morgan fingerprint density at radius 1 is 1.30 bits per heavy atom. The Labute approximate surface area is 121 Å². The van der Waals surface area contributed by atoms with Crippen molar-refractivity contribution in [3.8, 4) is 0 Å². The van der Waals surface area contributed by atoms with E-state index in [1.807, 2.05) is 30.0 Å². The van der Waals surface area contributed by atoms with Gasteiger partial charge in [0.15, 0.2) is 0 Å². The van der Waals surface area contributed by atoms with Crippen LogP contribution in [-0.4, -0.2) is 34.9 Å². The molecule has 0 bridgehead atoms. The first-order chi connectivity index (χ1) is 9.76. The molecule has 0 radical (unpaired) electrons. The van der Waals surface area contributed by atoms with Crippen molar-refractivity contribution in [1.29, 1.82) is 0 Å². The molecule has 0 aromatic carbocycles. The fourth-order valence-electron chi connectivity index (χ4n) is 2.94. The normalized spacial score (nSPS) is 15.9. The molecule has 4 nitrogen and oxygen atoms in total. The molecule has 110 valence electrons. The van der Waals surface area contributed by atoms with Gasteiger partial charge in [-0.15, -0.1) is 0 Å². The number of amides is 1. The van der Waals surface area contributed by atoms with Crippen LogP contribution in [-0.2, 0) is 0 Å². The summed E-state index contributed by atoms with van der Waals surface area (Å²) in [5, 5.41) is 3.16. The van der Waals surface area contributed by atoms with E-state index in [0.29, 0.717) is 11.7 Å². The maximum Gasteiger partial charge on any atom is 0.272 e. The highest BCUT2D eigenvalue weighted by Gasteiger charge is 2.25. The van der Waals surface area contributed by atoms with Crippen LogP contribution in [0.15, 0.2) is 18.2 Å². The Bertz CT molecular complexity index is 441. The number of pyridine rings is 1. The highest BCUT2D eigenvalue weighted by atomic mass is 16.2. The molecule has 1 amide bonds. The molecule has 2 rings (SSSR count). The molecule has 0 atom stereocenters. The topological polar surface area (TPSA) is 45.2 Å². The minimum Gasteiger partial charge on any atom is -0.370 e. The molecular formula is C16H25N3O. The predicted molar refractivity (Wildman–Crippen MR) is 82.0 cm³/mol. The van der Waals surface area contributed by atoms with E-state index in [9.17, 15) is 4.79 Å². The summed E-state index contributed by atoms with van der Waals surface area (Å²) in [4.78, 5) is 19.1. The third-order valence-electron chi connectivity index (χ3n) is 3.94. The Morgan fingerprint density at radius 2 is 2.05 bits per heavy atom. The van der Waals surface area contributed by atoms with Crippen molar-refractivity contribution in [2.45, 2.75) is 52.0 Å². The first-order valence-electron chi connectivity index (χ1n) is 7.78. The van der Waals surface area contributed by atoms with E-state index in [2.05, 4.69) is 17.2 Å². The lowest BCUT2D eigenvalue weighted by Gasteiger charge is -2.33. The average Bonchev–Trinajstić information content (AvgIpc) is 2.50. The largest absolute Gasteiger partial charge is 0.370 e. The summed E-state index contributed by atoms with van der Waals surface area (Å²) < 4.78 is 0. The summed E-state index contributed by atoms with van der Waals surface area (Å²) >= 11 is 0. The number of nitrogens with one attached hydrogen (secondary N) is 1. The van der Waals surface area contributed by atoms with Gasteiger partial charge in [0.25, 0.3) is 5.91 Å². The van der Waals surface area contributed by atoms with Gasteiger partial charge in [0, 0.05) is 19.1 Å². The summed E-state index contributed by atoms with van der Waals surface area (Å²) in [6, 6.07) is 6.00. The molecule has 1 N–H and O–H groups in total. The number of carbonyl (C=O) groups is 1. The standard InChI is InChI=1S/C16H25N3O/c1-3-17-15-12-8-11-14(18-15)16(20)19(4-2)13-9-6-5-7-10-13/h8,11-13H,3-7,9-10H2,1-2H3,(H,17,18). The van der Waals surface area contributed by atoms with Gasteiger partial charge in [-0.2, -0.15) is 0 Å². The summed E-state index contributed by atoms with van der Waals surface area (Å²) in [5.74, 6) is 0.845. The maximum atomic E-state index is 12.7.